The van der Waals surface area contributed by atoms with Gasteiger partial charge in [0, 0.05) is 23.4 Å². The number of hydrogen-bond acceptors (Lipinski definition) is 4. The number of halogens is 1. The first-order chi connectivity index (χ1) is 10.1. The van der Waals surface area contributed by atoms with E-state index in [1.54, 1.807) is 22.3 Å². The molecule has 1 saturated heterocycles. The molecule has 0 radical (unpaired) electrons. The molecule has 0 saturated carbocycles. The zero-order chi connectivity index (χ0) is 14.9. The molecule has 2 aromatic heterocycles. The summed E-state index contributed by atoms with van der Waals surface area (Å²) in [5, 5.41) is 4.01. The van der Waals surface area contributed by atoms with Gasteiger partial charge in [-0.25, -0.2) is 9.67 Å². The number of amides is 1. The van der Waals surface area contributed by atoms with Crippen LogP contribution in [0.15, 0.2) is 24.8 Å². The van der Waals surface area contributed by atoms with Gasteiger partial charge in [-0.05, 0) is 31.9 Å². The standard InChI is InChI=1S/C14H17ClN4OS/c1-14(7-11-3-4-12(15)21-11)5-2-6-19(14)13(20)8-18-10-16-9-17-18/h3-4,9-10H,2,5-8H2,1H3. The molecule has 1 atom stereocenters. The highest BCUT2D eigenvalue weighted by Gasteiger charge is 2.39. The molecule has 0 aliphatic carbocycles. The Morgan fingerprint density at radius 3 is 3.05 bits per heavy atom. The minimum Gasteiger partial charge on any atom is -0.335 e. The molecule has 5 nitrogen and oxygen atoms in total. The maximum absolute atomic E-state index is 12.5. The van der Waals surface area contributed by atoms with Crippen molar-refractivity contribution in [2.75, 3.05) is 6.54 Å². The SMILES string of the molecule is CC1(Cc2ccc(Cl)s2)CCCN1C(=O)Cn1cncn1. The van der Waals surface area contributed by atoms with E-state index in [9.17, 15) is 4.79 Å². The molecule has 1 aliphatic rings. The van der Waals surface area contributed by atoms with Gasteiger partial charge in [-0.3, -0.25) is 4.79 Å². The molecule has 7 heteroatoms. The second-order valence-corrected chi connectivity index (χ2v) is 7.42. The van der Waals surface area contributed by atoms with Gasteiger partial charge in [0.1, 0.15) is 19.2 Å². The van der Waals surface area contributed by atoms with Gasteiger partial charge >= 0.3 is 0 Å². The largest absolute Gasteiger partial charge is 0.335 e. The number of hydrogen-bond donors (Lipinski definition) is 0. The summed E-state index contributed by atoms with van der Waals surface area (Å²) in [6.45, 7) is 3.22. The average Bonchev–Trinajstić information content (AvgIpc) is 3.13. The fraction of sp³-hybridized carbons (Fsp3) is 0.500. The average molecular weight is 325 g/mol. The van der Waals surface area contributed by atoms with E-state index >= 15 is 0 Å². The Balaban J connectivity index is 1.73. The molecule has 0 bridgehead atoms. The molecule has 1 amide bonds. The fourth-order valence-electron chi connectivity index (χ4n) is 2.99. The van der Waals surface area contributed by atoms with E-state index in [4.69, 9.17) is 11.6 Å². The second kappa shape index (κ2) is 5.77. The lowest BCUT2D eigenvalue weighted by Gasteiger charge is -2.35. The number of carbonyl (C=O) groups is 1. The van der Waals surface area contributed by atoms with Crippen LogP contribution in [0.25, 0.3) is 0 Å². The van der Waals surface area contributed by atoms with Gasteiger partial charge in [-0.2, -0.15) is 5.10 Å². The zero-order valence-electron chi connectivity index (χ0n) is 11.8. The quantitative estimate of drug-likeness (QED) is 0.868. The highest BCUT2D eigenvalue weighted by atomic mass is 35.5. The van der Waals surface area contributed by atoms with Crippen LogP contribution in [-0.4, -0.2) is 37.7 Å². The molecule has 0 aromatic carbocycles. The maximum Gasteiger partial charge on any atom is 0.244 e. The van der Waals surface area contributed by atoms with Crippen LogP contribution in [0.5, 0.6) is 0 Å². The van der Waals surface area contributed by atoms with Crippen molar-refractivity contribution in [1.29, 1.82) is 0 Å². The third kappa shape index (κ3) is 3.11. The van der Waals surface area contributed by atoms with Crippen molar-refractivity contribution in [3.63, 3.8) is 0 Å². The van der Waals surface area contributed by atoms with E-state index in [0.29, 0.717) is 0 Å². The predicted octanol–water partition coefficient (Wildman–Crippen LogP) is 2.62. The van der Waals surface area contributed by atoms with Crippen molar-refractivity contribution in [3.05, 3.63) is 34.0 Å². The van der Waals surface area contributed by atoms with Gasteiger partial charge in [0.25, 0.3) is 0 Å². The molecule has 3 rings (SSSR count). The van der Waals surface area contributed by atoms with Crippen LogP contribution in [0, 0.1) is 0 Å². The van der Waals surface area contributed by atoms with Crippen LogP contribution in [-0.2, 0) is 17.8 Å². The Bertz CT molecular complexity index is 627. The van der Waals surface area contributed by atoms with Crippen molar-refractivity contribution in [2.24, 2.45) is 0 Å². The first kappa shape index (κ1) is 14.5. The smallest absolute Gasteiger partial charge is 0.244 e. The van der Waals surface area contributed by atoms with Gasteiger partial charge in [0.15, 0.2) is 0 Å². The fourth-order valence-corrected chi connectivity index (χ4v) is 4.26. The molecule has 3 heterocycles. The summed E-state index contributed by atoms with van der Waals surface area (Å²) >= 11 is 7.60. The summed E-state index contributed by atoms with van der Waals surface area (Å²) in [6.07, 6.45) is 5.94. The first-order valence-corrected chi connectivity index (χ1v) is 8.13. The van der Waals surface area contributed by atoms with Gasteiger partial charge in [-0.15, -0.1) is 11.3 Å². The second-order valence-electron chi connectivity index (χ2n) is 5.62. The van der Waals surface area contributed by atoms with Crippen LogP contribution < -0.4 is 0 Å². The summed E-state index contributed by atoms with van der Waals surface area (Å²) in [5.41, 5.74) is -0.133. The number of nitrogens with zero attached hydrogens (tertiary/aromatic N) is 4. The van der Waals surface area contributed by atoms with Crippen LogP contribution in [0.1, 0.15) is 24.6 Å². The highest BCUT2D eigenvalue weighted by molar-refractivity contribution is 7.16. The third-order valence-electron chi connectivity index (χ3n) is 4.00. The lowest BCUT2D eigenvalue weighted by atomic mass is 9.93. The van der Waals surface area contributed by atoms with Crippen LogP contribution >= 0.6 is 22.9 Å². The Morgan fingerprint density at radius 2 is 2.38 bits per heavy atom. The summed E-state index contributed by atoms with van der Waals surface area (Å²) in [4.78, 5) is 19.6. The Labute approximate surface area is 132 Å². The van der Waals surface area contributed by atoms with E-state index < -0.39 is 0 Å². The molecular formula is C14H17ClN4OS. The Hall–Kier alpha value is -1.40. The summed E-state index contributed by atoms with van der Waals surface area (Å²) in [5.74, 6) is 0.100. The summed E-state index contributed by atoms with van der Waals surface area (Å²) in [6, 6.07) is 3.97. The van der Waals surface area contributed by atoms with E-state index in [1.807, 2.05) is 11.0 Å². The summed E-state index contributed by atoms with van der Waals surface area (Å²) < 4.78 is 2.37. The molecule has 1 unspecified atom stereocenters. The minimum atomic E-state index is -0.133. The number of aromatic nitrogens is 3. The van der Waals surface area contributed by atoms with E-state index in [0.717, 1.165) is 30.1 Å². The molecular weight excluding hydrogens is 308 g/mol. The lowest BCUT2D eigenvalue weighted by molar-refractivity contribution is -0.135. The van der Waals surface area contributed by atoms with Gasteiger partial charge in [0.2, 0.25) is 5.91 Å². The van der Waals surface area contributed by atoms with E-state index in [-0.39, 0.29) is 18.0 Å². The van der Waals surface area contributed by atoms with Crippen molar-refractivity contribution in [1.82, 2.24) is 19.7 Å². The third-order valence-corrected chi connectivity index (χ3v) is 5.23. The highest BCUT2D eigenvalue weighted by Crippen LogP contribution is 2.35. The van der Waals surface area contributed by atoms with Crippen molar-refractivity contribution < 1.29 is 4.79 Å². The van der Waals surface area contributed by atoms with Crippen LogP contribution in [0.3, 0.4) is 0 Å². The van der Waals surface area contributed by atoms with E-state index in [2.05, 4.69) is 23.1 Å². The normalized spacial score (nSPS) is 21.9. The van der Waals surface area contributed by atoms with Crippen molar-refractivity contribution >= 4 is 28.8 Å². The zero-order valence-corrected chi connectivity index (χ0v) is 13.4. The molecule has 1 aliphatic heterocycles. The van der Waals surface area contributed by atoms with Gasteiger partial charge < -0.3 is 4.90 Å². The van der Waals surface area contributed by atoms with Crippen LogP contribution in [0.2, 0.25) is 4.34 Å². The molecule has 0 spiro atoms. The Kier molecular flexibility index (Phi) is 3.99. The molecule has 21 heavy (non-hydrogen) atoms. The minimum absolute atomic E-state index is 0.100. The molecule has 112 valence electrons. The number of thiophene rings is 1. The monoisotopic (exact) mass is 324 g/mol. The van der Waals surface area contributed by atoms with Crippen LogP contribution in [0.4, 0.5) is 0 Å². The van der Waals surface area contributed by atoms with Gasteiger partial charge in [0.05, 0.1) is 4.34 Å². The number of rotatable bonds is 4. The number of likely N-dealkylation sites (tertiary alicyclic amines) is 1. The van der Waals surface area contributed by atoms with E-state index in [1.165, 1.54) is 11.2 Å². The van der Waals surface area contributed by atoms with Crippen molar-refractivity contribution in [2.45, 2.75) is 38.3 Å². The molecule has 2 aromatic rings. The Morgan fingerprint density at radius 1 is 1.52 bits per heavy atom. The number of carbonyl (C=O) groups excluding carboxylic acids is 1. The van der Waals surface area contributed by atoms with Gasteiger partial charge in [-0.1, -0.05) is 11.6 Å². The summed E-state index contributed by atoms with van der Waals surface area (Å²) in [7, 11) is 0. The van der Waals surface area contributed by atoms with Crippen molar-refractivity contribution in [3.8, 4) is 0 Å². The predicted molar refractivity (Wildman–Crippen MR) is 82.4 cm³/mol. The molecule has 1 fully saturated rings. The maximum atomic E-state index is 12.5. The molecule has 0 N–H and O–H groups in total. The lowest BCUT2D eigenvalue weighted by Crippen LogP contribution is -2.47. The topological polar surface area (TPSA) is 51.0 Å². The first-order valence-electron chi connectivity index (χ1n) is 6.94.